The Kier molecular flexibility index (Phi) is 4.91. The molecular weight excluding hydrogens is 283 g/mol. The van der Waals surface area contributed by atoms with Crippen molar-refractivity contribution >= 4 is 22.9 Å². The SMILES string of the molecule is CCNCc1sc(Cc2cccc(Cl)c2F)nc1C. The Hall–Kier alpha value is -0.970. The summed E-state index contributed by atoms with van der Waals surface area (Å²) in [6, 6.07) is 5.08. The van der Waals surface area contributed by atoms with Gasteiger partial charge in [0, 0.05) is 17.8 Å². The molecule has 0 spiro atoms. The lowest BCUT2D eigenvalue weighted by atomic mass is 10.1. The van der Waals surface area contributed by atoms with Gasteiger partial charge in [0.2, 0.25) is 0 Å². The molecule has 1 aromatic carbocycles. The third kappa shape index (κ3) is 3.53. The Morgan fingerprint density at radius 1 is 1.42 bits per heavy atom. The number of halogens is 2. The van der Waals surface area contributed by atoms with Crippen molar-refractivity contribution in [2.75, 3.05) is 6.54 Å². The van der Waals surface area contributed by atoms with E-state index in [1.807, 2.05) is 6.92 Å². The molecule has 0 atom stereocenters. The molecular formula is C14H16ClFN2S. The van der Waals surface area contributed by atoms with Gasteiger partial charge in [0.05, 0.1) is 15.7 Å². The number of hydrogen-bond donors (Lipinski definition) is 1. The number of nitrogens with one attached hydrogen (secondary N) is 1. The fourth-order valence-corrected chi connectivity index (χ4v) is 3.07. The largest absolute Gasteiger partial charge is 0.312 e. The molecule has 0 saturated carbocycles. The molecule has 5 heteroatoms. The van der Waals surface area contributed by atoms with E-state index in [1.54, 1.807) is 29.5 Å². The third-order valence-corrected chi connectivity index (χ3v) is 4.30. The number of rotatable bonds is 5. The van der Waals surface area contributed by atoms with Crippen LogP contribution in [0.5, 0.6) is 0 Å². The van der Waals surface area contributed by atoms with Gasteiger partial charge in [-0.1, -0.05) is 30.7 Å². The van der Waals surface area contributed by atoms with Gasteiger partial charge in [0.15, 0.2) is 0 Å². The first-order valence-electron chi connectivity index (χ1n) is 6.20. The first-order valence-corrected chi connectivity index (χ1v) is 7.40. The minimum absolute atomic E-state index is 0.165. The summed E-state index contributed by atoms with van der Waals surface area (Å²) in [5.41, 5.74) is 1.61. The van der Waals surface area contributed by atoms with E-state index in [0.717, 1.165) is 23.8 Å². The highest BCUT2D eigenvalue weighted by Crippen LogP contribution is 2.24. The minimum Gasteiger partial charge on any atom is -0.312 e. The molecule has 0 aliphatic carbocycles. The highest BCUT2D eigenvalue weighted by atomic mass is 35.5. The van der Waals surface area contributed by atoms with E-state index >= 15 is 0 Å². The van der Waals surface area contributed by atoms with Crippen molar-refractivity contribution in [3.8, 4) is 0 Å². The molecule has 102 valence electrons. The van der Waals surface area contributed by atoms with Crippen LogP contribution >= 0.6 is 22.9 Å². The normalized spacial score (nSPS) is 10.9. The summed E-state index contributed by atoms with van der Waals surface area (Å²) in [7, 11) is 0. The molecule has 19 heavy (non-hydrogen) atoms. The van der Waals surface area contributed by atoms with Crippen LogP contribution in [0.4, 0.5) is 4.39 Å². The molecule has 1 heterocycles. The van der Waals surface area contributed by atoms with Crippen LogP contribution in [-0.4, -0.2) is 11.5 Å². The van der Waals surface area contributed by atoms with Crippen LogP contribution in [0.25, 0.3) is 0 Å². The third-order valence-electron chi connectivity index (χ3n) is 2.85. The molecule has 0 saturated heterocycles. The summed E-state index contributed by atoms with van der Waals surface area (Å²) in [6.45, 7) is 5.80. The second-order valence-electron chi connectivity index (χ2n) is 4.29. The lowest BCUT2D eigenvalue weighted by molar-refractivity contribution is 0.614. The van der Waals surface area contributed by atoms with Crippen molar-refractivity contribution in [1.29, 1.82) is 0 Å². The van der Waals surface area contributed by atoms with Crippen LogP contribution < -0.4 is 5.32 Å². The average Bonchev–Trinajstić information content (AvgIpc) is 2.73. The molecule has 0 amide bonds. The van der Waals surface area contributed by atoms with E-state index in [1.165, 1.54) is 4.88 Å². The number of thiazole rings is 1. The second kappa shape index (κ2) is 6.46. The topological polar surface area (TPSA) is 24.9 Å². The van der Waals surface area contributed by atoms with E-state index < -0.39 is 0 Å². The molecule has 0 aliphatic rings. The standard InChI is InChI=1S/C14H16ClFN2S/c1-3-17-8-12-9(2)18-13(19-12)7-10-5-4-6-11(15)14(10)16/h4-6,17H,3,7-8H2,1-2H3. The van der Waals surface area contributed by atoms with Crippen molar-refractivity contribution in [2.24, 2.45) is 0 Å². The maximum Gasteiger partial charge on any atom is 0.145 e. The van der Waals surface area contributed by atoms with Gasteiger partial charge < -0.3 is 5.32 Å². The molecule has 0 fully saturated rings. The lowest BCUT2D eigenvalue weighted by Gasteiger charge is -2.01. The molecule has 0 aliphatic heterocycles. The van der Waals surface area contributed by atoms with E-state index in [9.17, 15) is 4.39 Å². The molecule has 2 rings (SSSR count). The maximum atomic E-state index is 13.8. The molecule has 0 bridgehead atoms. The fraction of sp³-hybridized carbons (Fsp3) is 0.357. The van der Waals surface area contributed by atoms with Gasteiger partial charge in [-0.2, -0.15) is 0 Å². The van der Waals surface area contributed by atoms with E-state index in [-0.39, 0.29) is 10.8 Å². The second-order valence-corrected chi connectivity index (χ2v) is 5.86. The van der Waals surface area contributed by atoms with Crippen LogP contribution in [0.15, 0.2) is 18.2 Å². The van der Waals surface area contributed by atoms with Crippen LogP contribution in [0.1, 0.15) is 28.1 Å². The zero-order valence-corrected chi connectivity index (χ0v) is 12.5. The summed E-state index contributed by atoms with van der Waals surface area (Å²) >= 11 is 7.41. The fourth-order valence-electron chi connectivity index (χ4n) is 1.81. The minimum atomic E-state index is -0.342. The summed E-state index contributed by atoms with van der Waals surface area (Å²) < 4.78 is 13.8. The lowest BCUT2D eigenvalue weighted by Crippen LogP contribution is -2.11. The van der Waals surface area contributed by atoms with Crippen molar-refractivity contribution in [2.45, 2.75) is 26.8 Å². The van der Waals surface area contributed by atoms with Gasteiger partial charge in [-0.3, -0.25) is 0 Å². The Morgan fingerprint density at radius 3 is 2.95 bits per heavy atom. The van der Waals surface area contributed by atoms with Gasteiger partial charge in [-0.25, -0.2) is 9.37 Å². The summed E-state index contributed by atoms with van der Waals surface area (Å²) in [5.74, 6) is -0.342. The Labute approximate surface area is 121 Å². The average molecular weight is 299 g/mol. The van der Waals surface area contributed by atoms with Crippen molar-refractivity contribution in [1.82, 2.24) is 10.3 Å². The zero-order valence-electron chi connectivity index (χ0n) is 11.0. The first-order chi connectivity index (χ1) is 9.11. The number of benzene rings is 1. The number of hydrogen-bond acceptors (Lipinski definition) is 3. The Morgan fingerprint density at radius 2 is 2.21 bits per heavy atom. The Bertz CT molecular complexity index is 569. The van der Waals surface area contributed by atoms with Gasteiger partial charge in [0.1, 0.15) is 5.82 Å². The summed E-state index contributed by atoms with van der Waals surface area (Å²) in [6.07, 6.45) is 0.490. The number of nitrogens with zero attached hydrogens (tertiary/aromatic N) is 1. The highest BCUT2D eigenvalue weighted by Gasteiger charge is 2.11. The van der Waals surface area contributed by atoms with E-state index in [4.69, 9.17) is 11.6 Å². The maximum absolute atomic E-state index is 13.8. The monoisotopic (exact) mass is 298 g/mol. The van der Waals surface area contributed by atoms with Gasteiger partial charge in [-0.15, -0.1) is 11.3 Å². The summed E-state index contributed by atoms with van der Waals surface area (Å²) in [5, 5.41) is 4.37. The zero-order chi connectivity index (χ0) is 13.8. The van der Waals surface area contributed by atoms with Gasteiger partial charge >= 0.3 is 0 Å². The molecule has 0 unspecified atom stereocenters. The van der Waals surface area contributed by atoms with Crippen molar-refractivity contribution in [3.05, 3.63) is 50.2 Å². The van der Waals surface area contributed by atoms with Crippen molar-refractivity contribution in [3.63, 3.8) is 0 Å². The Balaban J connectivity index is 2.17. The highest BCUT2D eigenvalue weighted by molar-refractivity contribution is 7.11. The van der Waals surface area contributed by atoms with Gasteiger partial charge in [0.25, 0.3) is 0 Å². The van der Waals surface area contributed by atoms with Crippen LogP contribution in [0, 0.1) is 12.7 Å². The predicted octanol–water partition coefficient (Wildman–Crippen LogP) is 3.94. The van der Waals surface area contributed by atoms with Crippen molar-refractivity contribution < 1.29 is 4.39 Å². The predicted molar refractivity (Wildman–Crippen MR) is 78.4 cm³/mol. The number of aryl methyl sites for hydroxylation is 1. The summed E-state index contributed by atoms with van der Waals surface area (Å²) in [4.78, 5) is 5.71. The molecule has 1 aromatic heterocycles. The molecule has 0 radical (unpaired) electrons. The molecule has 2 aromatic rings. The van der Waals surface area contributed by atoms with Crippen LogP contribution in [-0.2, 0) is 13.0 Å². The quantitative estimate of drug-likeness (QED) is 0.904. The van der Waals surface area contributed by atoms with E-state index in [0.29, 0.717) is 12.0 Å². The van der Waals surface area contributed by atoms with E-state index in [2.05, 4.69) is 17.2 Å². The van der Waals surface area contributed by atoms with Crippen LogP contribution in [0.3, 0.4) is 0 Å². The first kappa shape index (κ1) is 14.4. The molecule has 2 nitrogen and oxygen atoms in total. The van der Waals surface area contributed by atoms with Gasteiger partial charge in [-0.05, 0) is 25.1 Å². The van der Waals surface area contributed by atoms with Crippen LogP contribution in [0.2, 0.25) is 5.02 Å². The smallest absolute Gasteiger partial charge is 0.145 e. The number of aromatic nitrogens is 1. The molecule has 1 N–H and O–H groups in total.